The maximum absolute atomic E-state index is 13.5. The molecule has 0 spiro atoms. The van der Waals surface area contributed by atoms with Crippen LogP contribution in [0.2, 0.25) is 0 Å². The molecule has 0 saturated heterocycles. The van der Waals surface area contributed by atoms with Crippen molar-refractivity contribution >= 4 is 0 Å². The van der Waals surface area contributed by atoms with E-state index in [0.717, 1.165) is 24.3 Å². The summed E-state index contributed by atoms with van der Waals surface area (Å²) in [6.07, 6.45) is 0. The molecule has 0 bridgehead atoms. The Morgan fingerprint density at radius 1 is 0.941 bits per heavy atom. The Morgan fingerprint density at radius 2 is 1.59 bits per heavy atom. The smallest absolute Gasteiger partial charge is 0.134 e. The second-order valence-electron chi connectivity index (χ2n) is 3.40. The number of halogens is 3. The maximum Gasteiger partial charge on any atom is 0.134 e. The summed E-state index contributed by atoms with van der Waals surface area (Å²) in [6.45, 7) is 0. The van der Waals surface area contributed by atoms with Crippen LogP contribution in [0.4, 0.5) is 13.2 Å². The van der Waals surface area contributed by atoms with E-state index in [1.165, 1.54) is 12.1 Å². The Bertz CT molecular complexity index is 594. The van der Waals surface area contributed by atoms with E-state index in [0.29, 0.717) is 0 Å². The second kappa shape index (κ2) is 4.30. The van der Waals surface area contributed by atoms with Gasteiger partial charge in [0.05, 0.1) is 17.2 Å². The number of nitriles is 1. The zero-order chi connectivity index (χ0) is 12.4. The third kappa shape index (κ3) is 2.00. The molecule has 4 heteroatoms. The van der Waals surface area contributed by atoms with Gasteiger partial charge in [0.25, 0.3) is 0 Å². The Labute approximate surface area is 95.7 Å². The van der Waals surface area contributed by atoms with Gasteiger partial charge in [0, 0.05) is 5.56 Å². The summed E-state index contributed by atoms with van der Waals surface area (Å²) in [5, 5.41) is 8.82. The maximum atomic E-state index is 13.5. The SMILES string of the molecule is N#Cc1cc(F)ccc1-c1c(F)cccc1F. The first-order valence-corrected chi connectivity index (χ1v) is 4.77. The van der Waals surface area contributed by atoms with E-state index in [1.54, 1.807) is 6.07 Å². The molecule has 0 heterocycles. The third-order valence-corrected chi connectivity index (χ3v) is 2.33. The molecule has 0 fully saturated rings. The first-order valence-electron chi connectivity index (χ1n) is 4.77. The van der Waals surface area contributed by atoms with Crippen LogP contribution in [0.5, 0.6) is 0 Å². The highest BCUT2D eigenvalue weighted by Gasteiger charge is 2.14. The molecule has 2 aromatic carbocycles. The van der Waals surface area contributed by atoms with Crippen LogP contribution >= 0.6 is 0 Å². The van der Waals surface area contributed by atoms with Crippen LogP contribution in [0.25, 0.3) is 11.1 Å². The van der Waals surface area contributed by atoms with Gasteiger partial charge in [0.15, 0.2) is 0 Å². The largest absolute Gasteiger partial charge is 0.207 e. The van der Waals surface area contributed by atoms with Crippen molar-refractivity contribution in [2.45, 2.75) is 0 Å². The van der Waals surface area contributed by atoms with Gasteiger partial charge in [-0.2, -0.15) is 5.26 Å². The van der Waals surface area contributed by atoms with Gasteiger partial charge in [-0.3, -0.25) is 0 Å². The van der Waals surface area contributed by atoms with Crippen LogP contribution in [0.15, 0.2) is 36.4 Å². The van der Waals surface area contributed by atoms with E-state index in [4.69, 9.17) is 5.26 Å². The molecule has 0 N–H and O–H groups in total. The summed E-state index contributed by atoms with van der Waals surface area (Å²) in [6, 6.07) is 8.31. The Balaban J connectivity index is 2.74. The van der Waals surface area contributed by atoms with Gasteiger partial charge in [-0.15, -0.1) is 0 Å². The van der Waals surface area contributed by atoms with E-state index < -0.39 is 17.5 Å². The van der Waals surface area contributed by atoms with Crippen LogP contribution in [0.3, 0.4) is 0 Å². The summed E-state index contributed by atoms with van der Waals surface area (Å²) >= 11 is 0. The molecule has 0 aliphatic heterocycles. The lowest BCUT2D eigenvalue weighted by Crippen LogP contribution is -1.93. The summed E-state index contributed by atoms with van der Waals surface area (Å²) in [4.78, 5) is 0. The zero-order valence-corrected chi connectivity index (χ0v) is 8.55. The van der Waals surface area contributed by atoms with Crippen molar-refractivity contribution in [2.75, 3.05) is 0 Å². The van der Waals surface area contributed by atoms with Crippen molar-refractivity contribution in [2.24, 2.45) is 0 Å². The first kappa shape index (κ1) is 11.2. The molecule has 0 aromatic heterocycles. The number of rotatable bonds is 1. The normalized spacial score (nSPS) is 10.0. The van der Waals surface area contributed by atoms with Crippen molar-refractivity contribution in [3.8, 4) is 17.2 Å². The molecule has 0 radical (unpaired) electrons. The number of nitrogens with zero attached hydrogens (tertiary/aromatic N) is 1. The van der Waals surface area contributed by atoms with Crippen LogP contribution < -0.4 is 0 Å². The molecule has 0 amide bonds. The van der Waals surface area contributed by atoms with E-state index in [9.17, 15) is 13.2 Å². The van der Waals surface area contributed by atoms with Crippen LogP contribution in [-0.4, -0.2) is 0 Å². The number of hydrogen-bond donors (Lipinski definition) is 0. The van der Waals surface area contributed by atoms with E-state index in [2.05, 4.69) is 0 Å². The van der Waals surface area contributed by atoms with Crippen molar-refractivity contribution in [1.82, 2.24) is 0 Å². The molecule has 0 aliphatic carbocycles. The standard InChI is InChI=1S/C13H6F3N/c14-9-4-5-10(8(6-9)7-17)13-11(15)2-1-3-12(13)16/h1-6H. The molecule has 1 nitrogen and oxygen atoms in total. The van der Waals surface area contributed by atoms with Gasteiger partial charge < -0.3 is 0 Å². The van der Waals surface area contributed by atoms with Crippen molar-refractivity contribution < 1.29 is 13.2 Å². The molecule has 84 valence electrons. The first-order chi connectivity index (χ1) is 8.13. The lowest BCUT2D eigenvalue weighted by molar-refractivity contribution is 0.589. The van der Waals surface area contributed by atoms with E-state index in [-0.39, 0.29) is 16.7 Å². The molecular weight excluding hydrogens is 227 g/mol. The van der Waals surface area contributed by atoms with Crippen molar-refractivity contribution in [1.29, 1.82) is 5.26 Å². The molecule has 17 heavy (non-hydrogen) atoms. The van der Waals surface area contributed by atoms with Crippen LogP contribution in [-0.2, 0) is 0 Å². The van der Waals surface area contributed by atoms with Gasteiger partial charge in [0.2, 0.25) is 0 Å². The quantitative estimate of drug-likeness (QED) is 0.737. The molecule has 0 saturated carbocycles. The van der Waals surface area contributed by atoms with Crippen molar-refractivity contribution in [3.05, 3.63) is 59.4 Å². The highest BCUT2D eigenvalue weighted by molar-refractivity contribution is 5.71. The highest BCUT2D eigenvalue weighted by atomic mass is 19.1. The third-order valence-electron chi connectivity index (χ3n) is 2.33. The van der Waals surface area contributed by atoms with Gasteiger partial charge in [-0.1, -0.05) is 6.07 Å². The molecule has 0 unspecified atom stereocenters. The van der Waals surface area contributed by atoms with Crippen molar-refractivity contribution in [3.63, 3.8) is 0 Å². The predicted molar refractivity (Wildman–Crippen MR) is 56.5 cm³/mol. The lowest BCUT2D eigenvalue weighted by atomic mass is 9.99. The molecule has 2 rings (SSSR count). The summed E-state index contributed by atoms with van der Waals surface area (Å²) in [5.41, 5.74) is -0.373. The summed E-state index contributed by atoms with van der Waals surface area (Å²) < 4.78 is 39.9. The van der Waals surface area contributed by atoms with Crippen LogP contribution in [0, 0.1) is 28.8 Å². The average molecular weight is 233 g/mol. The fraction of sp³-hybridized carbons (Fsp3) is 0. The monoisotopic (exact) mass is 233 g/mol. The van der Waals surface area contributed by atoms with E-state index in [1.807, 2.05) is 0 Å². The molecule has 2 aromatic rings. The predicted octanol–water partition coefficient (Wildman–Crippen LogP) is 3.64. The Hall–Kier alpha value is -2.28. The topological polar surface area (TPSA) is 23.8 Å². The minimum atomic E-state index is -0.784. The molecule has 0 aliphatic rings. The Kier molecular flexibility index (Phi) is 2.84. The molecule has 0 atom stereocenters. The average Bonchev–Trinajstić information content (AvgIpc) is 2.30. The highest BCUT2D eigenvalue weighted by Crippen LogP contribution is 2.29. The van der Waals surface area contributed by atoms with Gasteiger partial charge in [0.1, 0.15) is 17.5 Å². The summed E-state index contributed by atoms with van der Waals surface area (Å²) in [7, 11) is 0. The zero-order valence-electron chi connectivity index (χ0n) is 8.55. The van der Waals surface area contributed by atoms with E-state index >= 15 is 0 Å². The molecular formula is C13H6F3N. The second-order valence-corrected chi connectivity index (χ2v) is 3.40. The van der Waals surface area contributed by atoms with Crippen LogP contribution in [0.1, 0.15) is 5.56 Å². The minimum absolute atomic E-state index is 0.0458. The Morgan fingerprint density at radius 3 is 2.18 bits per heavy atom. The fourth-order valence-corrected chi connectivity index (χ4v) is 1.58. The fourth-order valence-electron chi connectivity index (χ4n) is 1.58. The van der Waals surface area contributed by atoms with Gasteiger partial charge >= 0.3 is 0 Å². The van der Waals surface area contributed by atoms with Gasteiger partial charge in [-0.25, -0.2) is 13.2 Å². The van der Waals surface area contributed by atoms with Gasteiger partial charge in [-0.05, 0) is 30.3 Å². The number of hydrogen-bond acceptors (Lipinski definition) is 1. The number of benzene rings is 2. The lowest BCUT2D eigenvalue weighted by Gasteiger charge is -2.06. The minimum Gasteiger partial charge on any atom is -0.207 e. The summed E-state index contributed by atoms with van der Waals surface area (Å²) in [5.74, 6) is -2.19.